The molecule has 0 radical (unpaired) electrons. The topological polar surface area (TPSA) is 73.3 Å². The number of nitrogens with one attached hydrogen (secondary N) is 1. The Kier molecular flexibility index (Phi) is 5.25. The van der Waals surface area contributed by atoms with Crippen LogP contribution in [0.2, 0.25) is 0 Å². The SMILES string of the molecule is COc1ccc(C(=O)NC2CCC(Oc3ccccn3)CC2)cn1. The lowest BCUT2D eigenvalue weighted by Crippen LogP contribution is -2.39. The van der Waals surface area contributed by atoms with Crippen molar-refractivity contribution >= 4 is 5.91 Å². The summed E-state index contributed by atoms with van der Waals surface area (Å²) in [5, 5.41) is 3.07. The first-order valence-electron chi connectivity index (χ1n) is 8.13. The molecule has 1 aliphatic rings. The quantitative estimate of drug-likeness (QED) is 0.914. The molecule has 1 amide bonds. The number of ether oxygens (including phenoxy) is 2. The van der Waals surface area contributed by atoms with Crippen molar-refractivity contribution in [3.8, 4) is 11.8 Å². The molecule has 126 valence electrons. The standard InChI is InChI=1S/C18H21N3O3/c1-23-16-10-5-13(12-20-16)18(22)21-14-6-8-15(9-7-14)24-17-4-2-3-11-19-17/h2-5,10-12,14-15H,6-9H2,1H3,(H,21,22). The Balaban J connectivity index is 1.47. The number of pyridine rings is 2. The van der Waals surface area contributed by atoms with Crippen LogP contribution in [-0.4, -0.2) is 35.1 Å². The minimum absolute atomic E-state index is 0.0979. The number of carbonyl (C=O) groups excluding carboxylic acids is 1. The van der Waals surface area contributed by atoms with Gasteiger partial charge in [0.05, 0.1) is 12.7 Å². The van der Waals surface area contributed by atoms with Gasteiger partial charge >= 0.3 is 0 Å². The molecule has 2 aromatic heterocycles. The van der Waals surface area contributed by atoms with E-state index in [1.165, 1.54) is 6.20 Å². The molecule has 1 N–H and O–H groups in total. The number of carbonyl (C=O) groups is 1. The molecule has 0 saturated heterocycles. The summed E-state index contributed by atoms with van der Waals surface area (Å²) in [5.74, 6) is 1.06. The molecule has 0 atom stereocenters. The van der Waals surface area contributed by atoms with E-state index in [1.54, 1.807) is 25.4 Å². The van der Waals surface area contributed by atoms with Crippen LogP contribution < -0.4 is 14.8 Å². The molecule has 2 heterocycles. The van der Waals surface area contributed by atoms with Gasteiger partial charge in [0, 0.05) is 30.6 Å². The van der Waals surface area contributed by atoms with Gasteiger partial charge in [-0.25, -0.2) is 9.97 Å². The molecule has 1 fully saturated rings. The monoisotopic (exact) mass is 327 g/mol. The Morgan fingerprint density at radius 1 is 1.08 bits per heavy atom. The van der Waals surface area contributed by atoms with E-state index in [0.717, 1.165) is 25.7 Å². The van der Waals surface area contributed by atoms with Crippen molar-refractivity contribution < 1.29 is 14.3 Å². The van der Waals surface area contributed by atoms with E-state index < -0.39 is 0 Å². The number of methoxy groups -OCH3 is 1. The Morgan fingerprint density at radius 2 is 1.92 bits per heavy atom. The minimum atomic E-state index is -0.0979. The Bertz CT molecular complexity index is 653. The third kappa shape index (κ3) is 4.22. The Morgan fingerprint density at radius 3 is 2.54 bits per heavy atom. The van der Waals surface area contributed by atoms with Gasteiger partial charge in [-0.2, -0.15) is 0 Å². The molecular formula is C18H21N3O3. The zero-order valence-electron chi connectivity index (χ0n) is 13.6. The summed E-state index contributed by atoms with van der Waals surface area (Å²) < 4.78 is 10.9. The van der Waals surface area contributed by atoms with Gasteiger partial charge in [0.25, 0.3) is 5.91 Å². The summed E-state index contributed by atoms with van der Waals surface area (Å²) in [4.78, 5) is 20.5. The van der Waals surface area contributed by atoms with Gasteiger partial charge in [-0.15, -0.1) is 0 Å². The molecule has 1 aliphatic carbocycles. The van der Waals surface area contributed by atoms with Crippen molar-refractivity contribution in [2.45, 2.75) is 37.8 Å². The molecule has 0 bridgehead atoms. The average Bonchev–Trinajstić information content (AvgIpc) is 2.64. The molecule has 2 aromatic rings. The second-order valence-corrected chi connectivity index (χ2v) is 5.82. The van der Waals surface area contributed by atoms with Gasteiger partial charge in [0.1, 0.15) is 6.10 Å². The molecule has 6 heteroatoms. The maximum Gasteiger partial charge on any atom is 0.253 e. The fourth-order valence-corrected chi connectivity index (χ4v) is 2.82. The second-order valence-electron chi connectivity index (χ2n) is 5.82. The van der Waals surface area contributed by atoms with Crippen molar-refractivity contribution in [3.05, 3.63) is 48.3 Å². The molecule has 0 spiro atoms. The van der Waals surface area contributed by atoms with Gasteiger partial charge < -0.3 is 14.8 Å². The molecule has 0 aliphatic heterocycles. The molecule has 6 nitrogen and oxygen atoms in total. The van der Waals surface area contributed by atoms with Crippen LogP contribution in [0.3, 0.4) is 0 Å². The normalized spacial score (nSPS) is 20.2. The summed E-state index contributed by atoms with van der Waals surface area (Å²) in [6.07, 6.45) is 7.02. The van der Waals surface area contributed by atoms with Gasteiger partial charge in [-0.1, -0.05) is 6.07 Å². The minimum Gasteiger partial charge on any atom is -0.481 e. The number of hydrogen-bond acceptors (Lipinski definition) is 5. The summed E-state index contributed by atoms with van der Waals surface area (Å²) >= 11 is 0. The maximum absolute atomic E-state index is 12.3. The predicted molar refractivity (Wildman–Crippen MR) is 89.2 cm³/mol. The largest absolute Gasteiger partial charge is 0.481 e. The Hall–Kier alpha value is -2.63. The molecule has 1 saturated carbocycles. The van der Waals surface area contributed by atoms with Crippen LogP contribution in [-0.2, 0) is 0 Å². The van der Waals surface area contributed by atoms with Crippen LogP contribution >= 0.6 is 0 Å². The molecule has 0 aromatic carbocycles. The summed E-state index contributed by atoms with van der Waals surface area (Å²) in [6.45, 7) is 0. The van der Waals surface area contributed by atoms with Crippen LogP contribution in [0.5, 0.6) is 11.8 Å². The lowest BCUT2D eigenvalue weighted by molar-refractivity contribution is 0.0889. The highest BCUT2D eigenvalue weighted by Crippen LogP contribution is 2.23. The van der Waals surface area contributed by atoms with Gasteiger partial charge in [-0.05, 0) is 37.8 Å². The third-order valence-corrected chi connectivity index (χ3v) is 4.14. The van der Waals surface area contributed by atoms with Crippen LogP contribution in [0.15, 0.2) is 42.7 Å². The summed E-state index contributed by atoms with van der Waals surface area (Å²) in [7, 11) is 1.55. The lowest BCUT2D eigenvalue weighted by Gasteiger charge is -2.29. The maximum atomic E-state index is 12.3. The van der Waals surface area contributed by atoms with E-state index in [-0.39, 0.29) is 18.1 Å². The van der Waals surface area contributed by atoms with E-state index in [1.807, 2.05) is 18.2 Å². The van der Waals surface area contributed by atoms with Crippen LogP contribution in [0.1, 0.15) is 36.0 Å². The van der Waals surface area contributed by atoms with E-state index in [4.69, 9.17) is 9.47 Å². The second kappa shape index (κ2) is 7.77. The average molecular weight is 327 g/mol. The number of hydrogen-bond donors (Lipinski definition) is 1. The van der Waals surface area contributed by atoms with Gasteiger partial charge in [0.2, 0.25) is 11.8 Å². The highest BCUT2D eigenvalue weighted by Gasteiger charge is 2.24. The lowest BCUT2D eigenvalue weighted by atomic mass is 9.92. The fraction of sp³-hybridized carbons (Fsp3) is 0.389. The smallest absolute Gasteiger partial charge is 0.253 e. The van der Waals surface area contributed by atoms with E-state index in [9.17, 15) is 4.79 Å². The number of rotatable bonds is 5. The zero-order valence-corrected chi connectivity index (χ0v) is 13.6. The van der Waals surface area contributed by atoms with Gasteiger partial charge in [0.15, 0.2) is 0 Å². The van der Waals surface area contributed by atoms with Crippen molar-refractivity contribution in [1.29, 1.82) is 0 Å². The first-order valence-corrected chi connectivity index (χ1v) is 8.13. The highest BCUT2D eigenvalue weighted by molar-refractivity contribution is 5.94. The van der Waals surface area contributed by atoms with E-state index in [2.05, 4.69) is 15.3 Å². The van der Waals surface area contributed by atoms with Crippen LogP contribution in [0.4, 0.5) is 0 Å². The van der Waals surface area contributed by atoms with E-state index >= 15 is 0 Å². The summed E-state index contributed by atoms with van der Waals surface area (Å²) in [5.41, 5.74) is 0.544. The summed E-state index contributed by atoms with van der Waals surface area (Å²) in [6, 6.07) is 9.22. The molecule has 0 unspecified atom stereocenters. The predicted octanol–water partition coefficient (Wildman–Crippen LogP) is 2.61. The highest BCUT2D eigenvalue weighted by atomic mass is 16.5. The third-order valence-electron chi connectivity index (χ3n) is 4.14. The van der Waals surface area contributed by atoms with E-state index in [0.29, 0.717) is 17.3 Å². The first kappa shape index (κ1) is 16.2. The van der Waals surface area contributed by atoms with Crippen LogP contribution in [0, 0.1) is 0 Å². The molecular weight excluding hydrogens is 306 g/mol. The fourth-order valence-electron chi connectivity index (χ4n) is 2.82. The van der Waals surface area contributed by atoms with Crippen LogP contribution in [0.25, 0.3) is 0 Å². The van der Waals surface area contributed by atoms with Crippen molar-refractivity contribution in [2.24, 2.45) is 0 Å². The molecule has 3 rings (SSSR count). The van der Waals surface area contributed by atoms with Crippen molar-refractivity contribution in [3.63, 3.8) is 0 Å². The number of nitrogens with zero attached hydrogens (tertiary/aromatic N) is 2. The zero-order chi connectivity index (χ0) is 16.8. The molecule has 24 heavy (non-hydrogen) atoms. The van der Waals surface area contributed by atoms with Gasteiger partial charge in [-0.3, -0.25) is 4.79 Å². The van der Waals surface area contributed by atoms with Crippen molar-refractivity contribution in [2.75, 3.05) is 7.11 Å². The van der Waals surface area contributed by atoms with Crippen molar-refractivity contribution in [1.82, 2.24) is 15.3 Å². The Labute approximate surface area is 141 Å². The number of amides is 1. The first-order chi connectivity index (χ1) is 11.7. The number of aromatic nitrogens is 2.